The summed E-state index contributed by atoms with van der Waals surface area (Å²) in [6.45, 7) is 1.63. The third-order valence-electron chi connectivity index (χ3n) is 3.60. The molecule has 0 spiro atoms. The smallest absolute Gasteiger partial charge is 0.408 e. The lowest BCUT2D eigenvalue weighted by Crippen LogP contribution is -2.19. The number of fused-ring (bicyclic) bond motifs is 1. The van der Waals surface area contributed by atoms with Crippen LogP contribution in [0.2, 0.25) is 0 Å². The van der Waals surface area contributed by atoms with Gasteiger partial charge in [0.05, 0.1) is 5.52 Å². The van der Waals surface area contributed by atoms with E-state index in [4.69, 9.17) is 4.42 Å². The Morgan fingerprint density at radius 1 is 1.04 bits per heavy atom. The van der Waals surface area contributed by atoms with E-state index in [0.29, 0.717) is 22.5 Å². The number of anilines is 2. The van der Waals surface area contributed by atoms with Gasteiger partial charge in [0, 0.05) is 31.3 Å². The zero-order valence-corrected chi connectivity index (χ0v) is 13.6. The summed E-state index contributed by atoms with van der Waals surface area (Å²) in [5.74, 6) is -0.909. The molecule has 0 bridgehead atoms. The average molecular weight is 339 g/mol. The maximum Gasteiger partial charge on any atom is 0.419 e. The van der Waals surface area contributed by atoms with Crippen molar-refractivity contribution in [1.29, 1.82) is 0 Å². The minimum Gasteiger partial charge on any atom is -0.408 e. The topological polar surface area (TPSA) is 93.3 Å². The number of carbonyl (C=O) groups is 2. The summed E-state index contributed by atoms with van der Waals surface area (Å²) in [5.41, 5.74) is 2.33. The van der Waals surface area contributed by atoms with Crippen LogP contribution < -0.4 is 16.4 Å². The highest BCUT2D eigenvalue weighted by atomic mass is 16.4. The molecule has 2 aromatic carbocycles. The van der Waals surface area contributed by atoms with Crippen LogP contribution in [0.25, 0.3) is 11.1 Å². The zero-order chi connectivity index (χ0) is 17.8. The van der Waals surface area contributed by atoms with Crippen LogP contribution in [0.15, 0.2) is 57.7 Å². The Bertz CT molecular complexity index is 987. The molecular formula is C18H17N3O4. The Hall–Kier alpha value is -3.35. The van der Waals surface area contributed by atoms with Crippen molar-refractivity contribution >= 4 is 34.3 Å². The van der Waals surface area contributed by atoms with Crippen molar-refractivity contribution in [1.82, 2.24) is 4.57 Å². The largest absolute Gasteiger partial charge is 0.419 e. The fraction of sp³-hybridized carbons (Fsp3) is 0.167. The number of para-hydroxylation sites is 2. The molecule has 128 valence electrons. The predicted molar refractivity (Wildman–Crippen MR) is 94.5 cm³/mol. The molecule has 0 saturated heterocycles. The number of hydrogen-bond donors (Lipinski definition) is 2. The third-order valence-corrected chi connectivity index (χ3v) is 3.60. The van der Waals surface area contributed by atoms with Crippen LogP contribution in [0.3, 0.4) is 0 Å². The number of oxazole rings is 1. The Morgan fingerprint density at radius 3 is 2.52 bits per heavy atom. The number of carbonyl (C=O) groups excluding carboxylic acids is 2. The monoisotopic (exact) mass is 339 g/mol. The first kappa shape index (κ1) is 16.5. The summed E-state index contributed by atoms with van der Waals surface area (Å²) in [6.07, 6.45) is 0.119. The van der Waals surface area contributed by atoms with Gasteiger partial charge in [-0.15, -0.1) is 0 Å². The lowest BCUT2D eigenvalue weighted by atomic mass is 10.2. The lowest BCUT2D eigenvalue weighted by Gasteiger charge is -2.08. The number of hydrogen-bond acceptors (Lipinski definition) is 4. The molecule has 0 saturated carbocycles. The molecule has 0 unspecified atom stereocenters. The molecule has 0 aliphatic carbocycles. The van der Waals surface area contributed by atoms with E-state index in [0.717, 1.165) is 0 Å². The predicted octanol–water partition coefficient (Wildman–Crippen LogP) is 2.58. The van der Waals surface area contributed by atoms with Gasteiger partial charge in [0.1, 0.15) is 0 Å². The van der Waals surface area contributed by atoms with Gasteiger partial charge in [-0.3, -0.25) is 14.2 Å². The second-order valence-corrected chi connectivity index (χ2v) is 5.55. The highest BCUT2D eigenvalue weighted by molar-refractivity contribution is 5.93. The molecule has 7 heteroatoms. The SMILES string of the molecule is CC(=O)Nc1cccc(NC(=O)CCn2c(=O)oc3ccccc32)c1. The van der Waals surface area contributed by atoms with Gasteiger partial charge in [0.2, 0.25) is 11.8 Å². The minimum atomic E-state index is -0.485. The summed E-state index contributed by atoms with van der Waals surface area (Å²) >= 11 is 0. The molecule has 0 fully saturated rings. The second kappa shape index (κ2) is 7.04. The van der Waals surface area contributed by atoms with Crippen molar-refractivity contribution < 1.29 is 14.0 Å². The van der Waals surface area contributed by atoms with Crippen LogP contribution >= 0.6 is 0 Å². The second-order valence-electron chi connectivity index (χ2n) is 5.55. The van der Waals surface area contributed by atoms with E-state index < -0.39 is 5.76 Å². The number of benzene rings is 2. The summed E-state index contributed by atoms with van der Waals surface area (Å²) in [5, 5.41) is 5.40. The van der Waals surface area contributed by atoms with Crippen LogP contribution in [-0.2, 0) is 16.1 Å². The quantitative estimate of drug-likeness (QED) is 0.747. The highest BCUT2D eigenvalue weighted by Gasteiger charge is 2.10. The average Bonchev–Trinajstić information content (AvgIpc) is 2.88. The van der Waals surface area contributed by atoms with Crippen LogP contribution in [0.4, 0.5) is 11.4 Å². The van der Waals surface area contributed by atoms with Crippen molar-refractivity contribution in [3.8, 4) is 0 Å². The standard InChI is InChI=1S/C18H17N3O4/c1-12(22)19-13-5-4-6-14(11-13)20-17(23)9-10-21-15-7-2-3-8-16(15)25-18(21)24/h2-8,11H,9-10H2,1H3,(H,19,22)(H,20,23). The molecule has 3 aromatic rings. The minimum absolute atomic E-state index is 0.119. The van der Waals surface area contributed by atoms with Crippen molar-refractivity contribution in [2.75, 3.05) is 10.6 Å². The number of amides is 2. The molecule has 7 nitrogen and oxygen atoms in total. The number of nitrogens with one attached hydrogen (secondary N) is 2. The van der Waals surface area contributed by atoms with E-state index in [2.05, 4.69) is 10.6 Å². The maximum atomic E-state index is 12.1. The van der Waals surface area contributed by atoms with Crippen LogP contribution in [0.5, 0.6) is 0 Å². The number of aryl methyl sites for hydroxylation is 1. The van der Waals surface area contributed by atoms with E-state index in [1.54, 1.807) is 48.5 Å². The molecule has 0 aliphatic heterocycles. The number of rotatable bonds is 5. The first-order valence-corrected chi connectivity index (χ1v) is 7.79. The van der Waals surface area contributed by atoms with Gasteiger partial charge in [0.25, 0.3) is 0 Å². The van der Waals surface area contributed by atoms with Crippen LogP contribution in [0.1, 0.15) is 13.3 Å². The van der Waals surface area contributed by atoms with Gasteiger partial charge in [-0.1, -0.05) is 18.2 Å². The fourth-order valence-electron chi connectivity index (χ4n) is 2.54. The molecule has 25 heavy (non-hydrogen) atoms. The first-order valence-electron chi connectivity index (χ1n) is 7.79. The van der Waals surface area contributed by atoms with Crippen molar-refractivity contribution in [2.45, 2.75) is 19.9 Å². The molecular weight excluding hydrogens is 322 g/mol. The van der Waals surface area contributed by atoms with Crippen molar-refractivity contribution in [2.24, 2.45) is 0 Å². The van der Waals surface area contributed by atoms with Gasteiger partial charge < -0.3 is 15.1 Å². The highest BCUT2D eigenvalue weighted by Crippen LogP contribution is 2.16. The molecule has 3 rings (SSSR count). The summed E-state index contributed by atoms with van der Waals surface area (Å²) in [4.78, 5) is 35.1. The van der Waals surface area contributed by atoms with E-state index in [9.17, 15) is 14.4 Å². The summed E-state index contributed by atoms with van der Waals surface area (Å²) < 4.78 is 6.57. The van der Waals surface area contributed by atoms with Gasteiger partial charge in [-0.2, -0.15) is 0 Å². The summed E-state index contributed by atoms with van der Waals surface area (Å²) in [7, 11) is 0. The maximum absolute atomic E-state index is 12.1. The molecule has 0 radical (unpaired) electrons. The molecule has 1 aromatic heterocycles. The summed E-state index contributed by atoms with van der Waals surface area (Å²) in [6, 6.07) is 13.9. The number of nitrogens with zero attached hydrogens (tertiary/aromatic N) is 1. The molecule has 2 amide bonds. The van der Waals surface area contributed by atoms with Gasteiger partial charge in [-0.05, 0) is 30.3 Å². The lowest BCUT2D eigenvalue weighted by molar-refractivity contribution is -0.116. The Balaban J connectivity index is 1.66. The van der Waals surface area contributed by atoms with E-state index in [-0.39, 0.29) is 24.8 Å². The van der Waals surface area contributed by atoms with E-state index in [1.165, 1.54) is 11.5 Å². The first-order chi connectivity index (χ1) is 12.0. The third kappa shape index (κ3) is 3.95. The van der Waals surface area contributed by atoms with Crippen LogP contribution in [-0.4, -0.2) is 16.4 Å². The Kier molecular flexibility index (Phi) is 4.65. The number of aromatic nitrogens is 1. The van der Waals surface area contributed by atoms with Gasteiger partial charge in [0.15, 0.2) is 5.58 Å². The Morgan fingerprint density at radius 2 is 1.76 bits per heavy atom. The van der Waals surface area contributed by atoms with Gasteiger partial charge in [-0.25, -0.2) is 4.79 Å². The van der Waals surface area contributed by atoms with Crippen molar-refractivity contribution in [3.05, 3.63) is 59.1 Å². The Labute approximate surface area is 143 Å². The van der Waals surface area contributed by atoms with Crippen LogP contribution in [0, 0.1) is 0 Å². The molecule has 1 heterocycles. The molecule has 0 aliphatic rings. The van der Waals surface area contributed by atoms with Crippen molar-refractivity contribution in [3.63, 3.8) is 0 Å². The van der Waals surface area contributed by atoms with E-state index in [1.807, 2.05) is 0 Å². The molecule has 0 atom stereocenters. The fourth-order valence-corrected chi connectivity index (χ4v) is 2.54. The van der Waals surface area contributed by atoms with Gasteiger partial charge >= 0.3 is 5.76 Å². The normalized spacial score (nSPS) is 10.6. The zero-order valence-electron chi connectivity index (χ0n) is 13.6. The molecule has 2 N–H and O–H groups in total. The van der Waals surface area contributed by atoms with E-state index >= 15 is 0 Å².